The third-order valence-electron chi connectivity index (χ3n) is 5.54. The molecular weight excluding hydrogens is 652 g/mol. The summed E-state index contributed by atoms with van der Waals surface area (Å²) in [4.78, 5) is 3.27. The molecule has 34 heavy (non-hydrogen) atoms. The van der Waals surface area contributed by atoms with Crippen LogP contribution in [0.3, 0.4) is 0 Å². The molecule has 0 radical (unpaired) electrons. The summed E-state index contributed by atoms with van der Waals surface area (Å²) >= 11 is -1.92. The molecule has 3 N–H and O–H groups in total. The summed E-state index contributed by atoms with van der Waals surface area (Å²) in [5.41, 5.74) is 5.24. The number of nitriles is 1. The van der Waals surface area contributed by atoms with Crippen molar-refractivity contribution in [1.29, 1.82) is 10.7 Å². The summed E-state index contributed by atoms with van der Waals surface area (Å²) in [7, 11) is 0. The van der Waals surface area contributed by atoms with Gasteiger partial charge in [0, 0.05) is 0 Å². The molecule has 7 heteroatoms. The van der Waals surface area contributed by atoms with E-state index in [0.29, 0.717) is 26.5 Å². The maximum atomic E-state index is 10.9. The van der Waals surface area contributed by atoms with Crippen LogP contribution >= 0.6 is 32.6 Å². The van der Waals surface area contributed by atoms with Crippen LogP contribution in [-0.4, -0.2) is 17.8 Å². The Morgan fingerprint density at radius 2 is 1.91 bits per heavy atom. The fraction of sp³-hybridized carbons (Fsp3) is 0.0741. The molecule has 0 saturated carbocycles. The predicted molar refractivity (Wildman–Crippen MR) is 156 cm³/mol. The number of rotatable bonds is 5. The normalized spacial score (nSPS) is 15.8. The Balaban J connectivity index is 1.33. The molecule has 5 rings (SSSR count). The number of alkyl halides is 1. The minimum absolute atomic E-state index is 0.192. The summed E-state index contributed by atoms with van der Waals surface area (Å²) in [6, 6.07) is 25.3. The van der Waals surface area contributed by atoms with E-state index in [9.17, 15) is 10.4 Å². The number of allylic oxidation sites excluding steroid dienone is 1. The van der Waals surface area contributed by atoms with Gasteiger partial charge in [-0.05, 0) is 0 Å². The molecule has 0 aliphatic carbocycles. The Bertz CT molecular complexity index is 1500. The van der Waals surface area contributed by atoms with Gasteiger partial charge in [-0.25, -0.2) is 0 Å². The minimum atomic E-state index is -1.68. The predicted octanol–water partition coefficient (Wildman–Crippen LogP) is 7.79. The molecule has 4 aromatic rings. The van der Waals surface area contributed by atoms with Gasteiger partial charge in [0.15, 0.2) is 0 Å². The zero-order valence-electron chi connectivity index (χ0n) is 18.3. The van der Waals surface area contributed by atoms with Gasteiger partial charge in [0.25, 0.3) is 0 Å². The van der Waals surface area contributed by atoms with Crippen molar-refractivity contribution in [1.82, 2.24) is 4.98 Å². The van der Waals surface area contributed by atoms with Crippen LogP contribution in [0, 0.1) is 23.7 Å². The van der Waals surface area contributed by atoms with Crippen molar-refractivity contribution < 1.29 is 9.84 Å². The number of benzene rings is 3. The van der Waals surface area contributed by atoms with E-state index in [-0.39, 0.29) is 22.5 Å². The van der Waals surface area contributed by atoms with Crippen LogP contribution in [0.2, 0.25) is 0 Å². The van der Waals surface area contributed by atoms with E-state index in [4.69, 9.17) is 10.1 Å². The number of aromatic nitrogens is 1. The molecule has 0 saturated heterocycles. The summed E-state index contributed by atoms with van der Waals surface area (Å²) in [6.07, 6.45) is 0. The zero-order chi connectivity index (χ0) is 23.7. The van der Waals surface area contributed by atoms with Gasteiger partial charge in [0.1, 0.15) is 0 Å². The number of hydrogen-bond acceptors (Lipinski definition) is 4. The second-order valence-electron chi connectivity index (χ2n) is 7.78. The zero-order valence-corrected chi connectivity index (χ0v) is 22.6. The van der Waals surface area contributed by atoms with E-state index in [1.54, 1.807) is 12.1 Å². The van der Waals surface area contributed by atoms with Gasteiger partial charge >= 0.3 is 212 Å². The standard InChI is InChI=1S/C27H21I2N3O2/c1-17-12-21(34-25-9-5-3-7-20(25)16-30)11-10-19(17)15-29-27(31)22(14-28-29)26(33)24-13-18-6-2-4-8-23(18)32-24/h2-14,31-33H,15H2,1H3. The van der Waals surface area contributed by atoms with Crippen molar-refractivity contribution in [3.63, 3.8) is 0 Å². The van der Waals surface area contributed by atoms with Gasteiger partial charge in [0.05, 0.1) is 0 Å². The number of H-pyrrole nitrogens is 1. The van der Waals surface area contributed by atoms with E-state index in [0.717, 1.165) is 26.5 Å². The van der Waals surface area contributed by atoms with Crippen molar-refractivity contribution in [2.45, 2.75) is 11.4 Å². The average molecular weight is 673 g/mol. The number of aryl methyl sites for hydroxylation is 1. The van der Waals surface area contributed by atoms with Crippen molar-refractivity contribution >= 4 is 57.0 Å². The van der Waals surface area contributed by atoms with Crippen LogP contribution in [0.15, 0.2) is 78.4 Å². The molecule has 1 aliphatic heterocycles. The molecule has 0 amide bonds. The Morgan fingerprint density at radius 3 is 2.71 bits per heavy atom. The SMILES string of the molecule is Cc1cc(Oc2ccccc2C#N)ccc1CI1I=CC(=C(O)c2cc3ccccc3[nH]2)C1=N. The van der Waals surface area contributed by atoms with E-state index < -0.39 is 15.8 Å². The first-order valence-corrected chi connectivity index (χ1v) is 20.7. The summed E-state index contributed by atoms with van der Waals surface area (Å²) in [5, 5.41) is 30.1. The molecule has 0 atom stereocenters. The van der Waals surface area contributed by atoms with Gasteiger partial charge in [-0.2, -0.15) is 0 Å². The van der Waals surface area contributed by atoms with Gasteiger partial charge < -0.3 is 0 Å². The summed E-state index contributed by atoms with van der Waals surface area (Å²) in [6.45, 7) is 2.06. The van der Waals surface area contributed by atoms with Crippen molar-refractivity contribution in [3.05, 3.63) is 101 Å². The van der Waals surface area contributed by atoms with Gasteiger partial charge in [-0.3, -0.25) is 0 Å². The third-order valence-corrected chi connectivity index (χ3v) is 20.3. The number of halogens is 2. The summed E-state index contributed by atoms with van der Waals surface area (Å²) < 4.78 is 9.67. The first-order chi connectivity index (χ1) is 16.5. The van der Waals surface area contributed by atoms with Crippen LogP contribution in [0.5, 0.6) is 11.5 Å². The molecule has 1 aliphatic rings. The van der Waals surface area contributed by atoms with Gasteiger partial charge in [-0.15, -0.1) is 0 Å². The van der Waals surface area contributed by atoms with E-state index in [1.807, 2.05) is 54.6 Å². The summed E-state index contributed by atoms with van der Waals surface area (Å²) in [5.74, 6) is 1.44. The van der Waals surface area contributed by atoms with Crippen molar-refractivity contribution in [3.8, 4) is 17.6 Å². The monoisotopic (exact) mass is 673 g/mol. The number of hydrogen-bond donors (Lipinski definition) is 3. The quantitative estimate of drug-likeness (QED) is 0.115. The number of fused-ring (bicyclic) bond motifs is 1. The molecule has 5 nitrogen and oxygen atoms in total. The first-order valence-electron chi connectivity index (χ1n) is 10.5. The Labute approximate surface area is 210 Å². The maximum absolute atomic E-state index is 10.9. The van der Waals surface area contributed by atoms with E-state index in [1.165, 1.54) is 5.56 Å². The number of aliphatic hydroxyl groups is 1. The second-order valence-corrected chi connectivity index (χ2v) is 22.2. The Kier molecular flexibility index (Phi) is 6.52. The van der Waals surface area contributed by atoms with Crippen LogP contribution in [0.4, 0.5) is 0 Å². The molecule has 170 valence electrons. The van der Waals surface area contributed by atoms with Crippen LogP contribution < -0.4 is 4.74 Å². The van der Waals surface area contributed by atoms with Crippen LogP contribution in [-0.2, 0) is 4.43 Å². The average Bonchev–Trinajstić information content (AvgIpc) is 3.44. The number of ether oxygens (including phenoxy) is 1. The first kappa shape index (κ1) is 22.8. The molecular formula is C27H21I2N3O2. The number of aromatic amines is 1. The van der Waals surface area contributed by atoms with Crippen molar-refractivity contribution in [2.75, 3.05) is 0 Å². The van der Waals surface area contributed by atoms with Crippen LogP contribution in [0.1, 0.15) is 22.4 Å². The van der Waals surface area contributed by atoms with E-state index in [2.05, 4.69) is 28.1 Å². The molecule has 0 spiro atoms. The number of nitrogens with one attached hydrogen (secondary N) is 2. The number of nitrogens with zero attached hydrogens (tertiary/aromatic N) is 1. The van der Waals surface area contributed by atoms with Gasteiger partial charge in [-0.1, -0.05) is 0 Å². The van der Waals surface area contributed by atoms with Crippen molar-refractivity contribution in [2.24, 2.45) is 0 Å². The molecule has 3 aromatic carbocycles. The Morgan fingerprint density at radius 1 is 1.12 bits per heavy atom. The molecule has 0 unspecified atom stereocenters. The molecule has 1 aromatic heterocycles. The molecule has 0 fully saturated rings. The number of para-hydroxylation sites is 2. The third kappa shape index (κ3) is 4.52. The van der Waals surface area contributed by atoms with Crippen LogP contribution in [0.25, 0.3) is 16.7 Å². The fourth-order valence-corrected chi connectivity index (χ4v) is 18.5. The second kappa shape index (κ2) is 9.72. The fourth-order valence-electron chi connectivity index (χ4n) is 3.67. The van der Waals surface area contributed by atoms with Gasteiger partial charge in [0.2, 0.25) is 0 Å². The topological polar surface area (TPSA) is 92.9 Å². The molecule has 0 bridgehead atoms. The number of aliphatic hydroxyl groups excluding tert-OH is 1. The van der Waals surface area contributed by atoms with E-state index >= 15 is 0 Å². The molecule has 2 heterocycles. The Hall–Kier alpha value is -2.97.